The van der Waals surface area contributed by atoms with Gasteiger partial charge in [-0.3, -0.25) is 4.79 Å². The van der Waals surface area contributed by atoms with Gasteiger partial charge in [0.2, 0.25) is 11.9 Å². The summed E-state index contributed by atoms with van der Waals surface area (Å²) in [6, 6.07) is 11.9. The normalized spacial score (nSPS) is 16.4. The number of imidazole rings is 1. The number of aromatic nitrogens is 2. The summed E-state index contributed by atoms with van der Waals surface area (Å²) < 4.78 is 11.0. The number of fused-ring (bicyclic) bond motifs is 1. The van der Waals surface area contributed by atoms with E-state index in [1.54, 1.807) is 7.11 Å². The van der Waals surface area contributed by atoms with Gasteiger partial charge in [-0.2, -0.15) is 0 Å². The number of H-pyrrole nitrogens is 1. The van der Waals surface area contributed by atoms with Gasteiger partial charge < -0.3 is 24.7 Å². The van der Waals surface area contributed by atoms with Crippen molar-refractivity contribution in [2.75, 3.05) is 31.7 Å². The van der Waals surface area contributed by atoms with E-state index in [0.717, 1.165) is 41.9 Å². The monoisotopic (exact) mass is 422 g/mol. The lowest BCUT2D eigenvalue weighted by Gasteiger charge is -2.31. The van der Waals surface area contributed by atoms with E-state index >= 15 is 0 Å². The minimum atomic E-state index is -0.0618. The third kappa shape index (κ3) is 4.76. The van der Waals surface area contributed by atoms with E-state index in [9.17, 15) is 4.79 Å². The van der Waals surface area contributed by atoms with Crippen molar-refractivity contribution in [1.29, 1.82) is 0 Å². The number of ether oxygens (including phenoxy) is 2. The molecule has 0 radical (unpaired) electrons. The van der Waals surface area contributed by atoms with Crippen molar-refractivity contribution in [3.05, 3.63) is 47.5 Å². The largest absolute Gasteiger partial charge is 0.493 e. The maximum atomic E-state index is 12.9. The van der Waals surface area contributed by atoms with Gasteiger partial charge >= 0.3 is 0 Å². The van der Waals surface area contributed by atoms with Gasteiger partial charge in [0.15, 0.2) is 11.5 Å². The summed E-state index contributed by atoms with van der Waals surface area (Å²) in [5, 5.41) is 3.09. The molecule has 2 N–H and O–H groups in total. The molecule has 0 bridgehead atoms. The fraction of sp³-hybridized carbons (Fsp3) is 0.417. The summed E-state index contributed by atoms with van der Waals surface area (Å²) in [7, 11) is 1.62. The number of amides is 1. The van der Waals surface area contributed by atoms with Crippen LogP contribution in [-0.2, 0) is 11.3 Å². The smallest absolute Gasteiger partial charge is 0.225 e. The highest BCUT2D eigenvalue weighted by molar-refractivity contribution is 5.80. The van der Waals surface area contributed by atoms with Crippen molar-refractivity contribution in [1.82, 2.24) is 15.3 Å². The number of nitrogens with zero attached hydrogens (tertiary/aromatic N) is 2. The molecule has 1 aliphatic heterocycles. The van der Waals surface area contributed by atoms with E-state index in [0.29, 0.717) is 31.2 Å². The summed E-state index contributed by atoms with van der Waals surface area (Å²) in [5.41, 5.74) is 4.17. The average Bonchev–Trinajstić information content (AvgIpc) is 3.21. The molecule has 7 nitrogen and oxygen atoms in total. The molecule has 1 fully saturated rings. The van der Waals surface area contributed by atoms with Crippen LogP contribution in [0.3, 0.4) is 0 Å². The van der Waals surface area contributed by atoms with E-state index in [1.165, 1.54) is 5.56 Å². The lowest BCUT2D eigenvalue weighted by atomic mass is 9.97. The van der Waals surface area contributed by atoms with Crippen molar-refractivity contribution >= 4 is 22.9 Å². The quantitative estimate of drug-likeness (QED) is 0.605. The van der Waals surface area contributed by atoms with Crippen LogP contribution < -0.4 is 19.7 Å². The molecule has 0 spiro atoms. The first-order valence-corrected chi connectivity index (χ1v) is 10.9. The summed E-state index contributed by atoms with van der Waals surface area (Å²) in [5.74, 6) is 2.25. The Balaban J connectivity index is 1.39. The van der Waals surface area contributed by atoms with Gasteiger partial charge in [-0.1, -0.05) is 12.1 Å². The van der Waals surface area contributed by atoms with Gasteiger partial charge in [-0.15, -0.1) is 0 Å². The number of anilines is 1. The topological polar surface area (TPSA) is 79.5 Å². The molecule has 4 rings (SSSR count). The lowest BCUT2D eigenvalue weighted by Crippen LogP contribution is -2.43. The molecule has 1 amide bonds. The number of aryl methyl sites for hydroxylation is 1. The Morgan fingerprint density at radius 1 is 1.26 bits per heavy atom. The maximum absolute atomic E-state index is 12.9. The number of benzene rings is 2. The Morgan fingerprint density at radius 3 is 2.94 bits per heavy atom. The number of rotatable bonds is 7. The third-order valence-electron chi connectivity index (χ3n) is 5.71. The number of hydrogen-bond donors (Lipinski definition) is 2. The van der Waals surface area contributed by atoms with Gasteiger partial charge in [0.05, 0.1) is 30.7 Å². The number of methoxy groups -OCH3 is 1. The van der Waals surface area contributed by atoms with Crippen LogP contribution in [0.25, 0.3) is 11.0 Å². The van der Waals surface area contributed by atoms with Crippen LogP contribution in [-0.4, -0.2) is 42.7 Å². The molecule has 7 heteroatoms. The van der Waals surface area contributed by atoms with Crippen LogP contribution >= 0.6 is 0 Å². The fourth-order valence-corrected chi connectivity index (χ4v) is 4.08. The van der Waals surface area contributed by atoms with Crippen molar-refractivity contribution < 1.29 is 14.3 Å². The lowest BCUT2D eigenvalue weighted by molar-refractivity contribution is -0.125. The van der Waals surface area contributed by atoms with Crippen LogP contribution in [0.2, 0.25) is 0 Å². The maximum Gasteiger partial charge on any atom is 0.225 e. The molecule has 2 aromatic carbocycles. The Kier molecular flexibility index (Phi) is 6.30. The highest BCUT2D eigenvalue weighted by Gasteiger charge is 2.27. The molecule has 1 saturated heterocycles. The van der Waals surface area contributed by atoms with Crippen LogP contribution in [0.1, 0.15) is 30.9 Å². The zero-order chi connectivity index (χ0) is 21.8. The third-order valence-corrected chi connectivity index (χ3v) is 5.71. The summed E-state index contributed by atoms with van der Waals surface area (Å²) >= 11 is 0. The number of carbonyl (C=O) groups excluding carboxylic acids is 1. The number of hydrogen-bond acceptors (Lipinski definition) is 5. The molecule has 3 aromatic rings. The van der Waals surface area contributed by atoms with Crippen molar-refractivity contribution in [2.24, 2.45) is 5.92 Å². The average molecular weight is 423 g/mol. The predicted molar refractivity (Wildman–Crippen MR) is 122 cm³/mol. The first kappa shape index (κ1) is 21.0. The Morgan fingerprint density at radius 2 is 2.13 bits per heavy atom. The highest BCUT2D eigenvalue weighted by Crippen LogP contribution is 2.28. The van der Waals surface area contributed by atoms with E-state index < -0.39 is 0 Å². The van der Waals surface area contributed by atoms with Crippen molar-refractivity contribution in [3.8, 4) is 11.5 Å². The van der Waals surface area contributed by atoms with E-state index in [1.807, 2.05) is 31.2 Å². The molecule has 0 unspecified atom stereocenters. The van der Waals surface area contributed by atoms with Crippen LogP contribution in [0, 0.1) is 12.8 Å². The van der Waals surface area contributed by atoms with Crippen LogP contribution in [0.15, 0.2) is 36.4 Å². The number of aromatic amines is 1. The molecule has 0 aliphatic carbocycles. The minimum absolute atomic E-state index is 0.0618. The molecule has 31 heavy (non-hydrogen) atoms. The molecule has 2 heterocycles. The standard InChI is InChI=1S/C24H30N4O3/c1-4-31-22-13-17(8-10-21(22)30-3)14-25-23(29)18-6-5-11-28(15-18)24-26-19-9-7-16(2)12-20(19)27-24/h7-10,12-13,18H,4-6,11,14-15H2,1-3H3,(H,25,29)(H,26,27)/t18-/m1/s1. The molecule has 1 aromatic heterocycles. The molecule has 1 atom stereocenters. The van der Waals surface area contributed by atoms with Crippen LogP contribution in [0.4, 0.5) is 5.95 Å². The highest BCUT2D eigenvalue weighted by atomic mass is 16.5. The predicted octanol–water partition coefficient (Wildman–Crippen LogP) is 3.81. The number of nitrogens with one attached hydrogen (secondary N) is 2. The second-order valence-corrected chi connectivity index (χ2v) is 8.00. The summed E-state index contributed by atoms with van der Waals surface area (Å²) in [4.78, 5) is 23.2. The second-order valence-electron chi connectivity index (χ2n) is 8.00. The molecule has 164 valence electrons. The van der Waals surface area contributed by atoms with Crippen LogP contribution in [0.5, 0.6) is 11.5 Å². The number of carbonyl (C=O) groups is 1. The van der Waals surface area contributed by atoms with E-state index in [2.05, 4.69) is 34.3 Å². The molecule has 0 saturated carbocycles. The van der Waals surface area contributed by atoms with Gasteiger partial charge in [0.25, 0.3) is 0 Å². The first-order valence-electron chi connectivity index (χ1n) is 10.9. The fourth-order valence-electron chi connectivity index (χ4n) is 4.08. The summed E-state index contributed by atoms with van der Waals surface area (Å²) in [6.45, 7) is 6.60. The van der Waals surface area contributed by atoms with E-state index in [4.69, 9.17) is 14.5 Å². The van der Waals surface area contributed by atoms with Crippen molar-refractivity contribution in [3.63, 3.8) is 0 Å². The minimum Gasteiger partial charge on any atom is -0.493 e. The molecule has 1 aliphatic rings. The molecular weight excluding hydrogens is 392 g/mol. The van der Waals surface area contributed by atoms with Crippen molar-refractivity contribution in [2.45, 2.75) is 33.2 Å². The summed E-state index contributed by atoms with van der Waals surface area (Å²) in [6.07, 6.45) is 1.85. The Bertz CT molecular complexity index is 1060. The van der Waals surface area contributed by atoms with Gasteiger partial charge in [0.1, 0.15) is 0 Å². The first-order chi connectivity index (χ1) is 15.1. The zero-order valence-electron chi connectivity index (χ0n) is 18.4. The molecular formula is C24H30N4O3. The van der Waals surface area contributed by atoms with Gasteiger partial charge in [-0.05, 0) is 62.1 Å². The second kappa shape index (κ2) is 9.29. The zero-order valence-corrected chi connectivity index (χ0v) is 18.4. The SMILES string of the molecule is CCOc1cc(CNC(=O)[C@@H]2CCCN(c3nc4ccc(C)cc4[nH]3)C2)ccc1OC. The Labute approximate surface area is 182 Å². The van der Waals surface area contributed by atoms with Gasteiger partial charge in [-0.25, -0.2) is 4.98 Å². The van der Waals surface area contributed by atoms with E-state index in [-0.39, 0.29) is 11.8 Å². The van der Waals surface area contributed by atoms with Gasteiger partial charge in [0, 0.05) is 19.6 Å². The number of piperidine rings is 1. The Hall–Kier alpha value is -3.22.